The van der Waals surface area contributed by atoms with Gasteiger partial charge in [-0.05, 0) is 30.5 Å². The van der Waals surface area contributed by atoms with Crippen molar-refractivity contribution in [3.05, 3.63) is 29.8 Å². The quantitative estimate of drug-likeness (QED) is 0.437. The Morgan fingerprint density at radius 3 is 2.35 bits per heavy atom. The maximum Gasteiger partial charge on any atom is 0.238 e. The fourth-order valence-corrected chi connectivity index (χ4v) is 2.23. The van der Waals surface area contributed by atoms with E-state index in [1.807, 2.05) is 11.9 Å². The molecule has 1 aromatic rings. The molecule has 0 aliphatic heterocycles. The Balaban J connectivity index is 0.00000200. The first-order valence-electron chi connectivity index (χ1n) is 6.02. The van der Waals surface area contributed by atoms with E-state index in [0.29, 0.717) is 18.5 Å². The summed E-state index contributed by atoms with van der Waals surface area (Å²) in [4.78, 5) is 6.36. The van der Waals surface area contributed by atoms with E-state index in [-0.39, 0.29) is 28.9 Å². The molecule has 0 spiro atoms. The van der Waals surface area contributed by atoms with Crippen LogP contribution < -0.4 is 10.9 Å². The molecule has 6 nitrogen and oxygen atoms in total. The fraction of sp³-hybridized carbons (Fsp3) is 0.417. The highest BCUT2D eigenvalue weighted by molar-refractivity contribution is 14.0. The van der Waals surface area contributed by atoms with Crippen LogP contribution in [0.1, 0.15) is 18.4 Å². The highest BCUT2D eigenvalue weighted by atomic mass is 127. The lowest BCUT2D eigenvalue weighted by Crippen LogP contribution is -2.35. The molecular formula is C12H19IN4O2S. The van der Waals surface area contributed by atoms with Gasteiger partial charge in [-0.2, -0.15) is 0 Å². The molecule has 4 N–H and O–H groups in total. The molecule has 0 heterocycles. The van der Waals surface area contributed by atoms with E-state index < -0.39 is 10.0 Å². The molecule has 0 aromatic heterocycles. The van der Waals surface area contributed by atoms with Crippen molar-refractivity contribution >= 4 is 40.0 Å². The zero-order valence-electron chi connectivity index (χ0n) is 11.2. The molecule has 1 aliphatic carbocycles. The van der Waals surface area contributed by atoms with Crippen molar-refractivity contribution in [2.75, 3.05) is 7.05 Å². The molecule has 8 heteroatoms. The van der Waals surface area contributed by atoms with Crippen LogP contribution in [-0.4, -0.2) is 32.4 Å². The van der Waals surface area contributed by atoms with Gasteiger partial charge in [-0.1, -0.05) is 12.1 Å². The van der Waals surface area contributed by atoms with Crippen LogP contribution in [0.15, 0.2) is 34.2 Å². The van der Waals surface area contributed by atoms with Crippen molar-refractivity contribution in [3.8, 4) is 0 Å². The van der Waals surface area contributed by atoms with Gasteiger partial charge in [-0.25, -0.2) is 18.5 Å². The highest BCUT2D eigenvalue weighted by Gasteiger charge is 2.27. The number of hydrogen-bond acceptors (Lipinski definition) is 3. The van der Waals surface area contributed by atoms with Gasteiger partial charge in [0, 0.05) is 13.1 Å². The number of nitrogens with zero attached hydrogens (tertiary/aromatic N) is 2. The molecule has 1 aromatic carbocycles. The predicted octanol–water partition coefficient (Wildman–Crippen LogP) is 0.861. The average Bonchev–Trinajstić information content (AvgIpc) is 3.18. The van der Waals surface area contributed by atoms with E-state index in [1.165, 1.54) is 12.1 Å². The summed E-state index contributed by atoms with van der Waals surface area (Å²) in [5.41, 5.74) is 6.75. The minimum Gasteiger partial charge on any atom is -0.370 e. The zero-order chi connectivity index (χ0) is 14.0. The molecule has 20 heavy (non-hydrogen) atoms. The predicted molar refractivity (Wildman–Crippen MR) is 89.3 cm³/mol. The summed E-state index contributed by atoms with van der Waals surface area (Å²) in [5.74, 6) is 0.512. The summed E-state index contributed by atoms with van der Waals surface area (Å²) in [7, 11) is -1.70. The zero-order valence-corrected chi connectivity index (χ0v) is 14.3. The first kappa shape index (κ1) is 17.2. The van der Waals surface area contributed by atoms with E-state index in [4.69, 9.17) is 10.9 Å². The Bertz CT molecular complexity index is 582. The fourth-order valence-electron chi connectivity index (χ4n) is 1.72. The Kier molecular flexibility index (Phi) is 5.78. The van der Waals surface area contributed by atoms with Crippen LogP contribution in [0.3, 0.4) is 0 Å². The van der Waals surface area contributed by atoms with Gasteiger partial charge in [0.1, 0.15) is 0 Å². The molecule has 0 saturated heterocycles. The van der Waals surface area contributed by atoms with Crippen molar-refractivity contribution in [1.29, 1.82) is 0 Å². The van der Waals surface area contributed by atoms with E-state index >= 15 is 0 Å². The normalized spacial score (nSPS) is 15.6. The van der Waals surface area contributed by atoms with Crippen LogP contribution in [-0.2, 0) is 16.6 Å². The lowest BCUT2D eigenvalue weighted by Gasteiger charge is -2.16. The van der Waals surface area contributed by atoms with Gasteiger partial charge in [-0.3, -0.25) is 0 Å². The monoisotopic (exact) mass is 410 g/mol. The van der Waals surface area contributed by atoms with Crippen molar-refractivity contribution in [2.24, 2.45) is 15.9 Å². The van der Waals surface area contributed by atoms with Crippen molar-refractivity contribution in [3.63, 3.8) is 0 Å². The maximum absolute atomic E-state index is 11.1. The summed E-state index contributed by atoms with van der Waals surface area (Å²) in [6.07, 6.45) is 2.32. The Labute approximate surface area is 136 Å². The maximum atomic E-state index is 11.1. The topological polar surface area (TPSA) is 102 Å². The van der Waals surface area contributed by atoms with Crippen LogP contribution in [0.5, 0.6) is 0 Å². The summed E-state index contributed by atoms with van der Waals surface area (Å²) in [6.45, 7) is 0.424. The van der Waals surface area contributed by atoms with Crippen LogP contribution >= 0.6 is 24.0 Å². The molecule has 0 unspecified atom stereocenters. The second-order valence-corrected chi connectivity index (χ2v) is 6.27. The first-order valence-corrected chi connectivity index (χ1v) is 7.57. The van der Waals surface area contributed by atoms with Gasteiger partial charge in [0.2, 0.25) is 10.0 Å². The second kappa shape index (κ2) is 6.72. The standard InChI is InChI=1S/C12H18N4O2S.HI/c1-16(10-4-5-10)12(13)15-8-9-2-6-11(7-3-9)19(14,17)18;/h2-3,6-7,10H,4-5,8H2,1H3,(H2,13,15)(H2,14,17,18);1H. The molecule has 0 atom stereocenters. The minimum absolute atomic E-state index is 0. The molecule has 2 rings (SSSR count). The summed E-state index contributed by atoms with van der Waals surface area (Å²) < 4.78 is 22.2. The number of benzene rings is 1. The summed E-state index contributed by atoms with van der Waals surface area (Å²) in [6, 6.07) is 6.84. The smallest absolute Gasteiger partial charge is 0.238 e. The second-order valence-electron chi connectivity index (χ2n) is 4.71. The number of rotatable bonds is 4. The Morgan fingerprint density at radius 2 is 1.90 bits per heavy atom. The first-order chi connectivity index (χ1) is 8.88. The minimum atomic E-state index is -3.64. The molecule has 0 radical (unpaired) electrons. The average molecular weight is 410 g/mol. The molecule has 0 amide bonds. The molecule has 0 bridgehead atoms. The highest BCUT2D eigenvalue weighted by Crippen LogP contribution is 2.24. The van der Waals surface area contributed by atoms with Gasteiger partial charge >= 0.3 is 0 Å². The van der Waals surface area contributed by atoms with Crippen molar-refractivity contribution < 1.29 is 8.42 Å². The number of nitrogens with two attached hydrogens (primary N) is 2. The number of guanidine groups is 1. The largest absolute Gasteiger partial charge is 0.370 e. The third-order valence-corrected chi connectivity index (χ3v) is 4.06. The van der Waals surface area contributed by atoms with Crippen molar-refractivity contribution in [2.45, 2.75) is 30.3 Å². The number of halogens is 1. The van der Waals surface area contributed by atoms with Gasteiger partial charge in [0.05, 0.1) is 11.4 Å². The van der Waals surface area contributed by atoms with E-state index in [9.17, 15) is 8.42 Å². The van der Waals surface area contributed by atoms with Crippen molar-refractivity contribution in [1.82, 2.24) is 4.90 Å². The molecular weight excluding hydrogens is 391 g/mol. The van der Waals surface area contributed by atoms with Gasteiger partial charge in [0.15, 0.2) is 5.96 Å². The number of aliphatic imine (C=N–C) groups is 1. The number of sulfonamides is 1. The Hall–Kier alpha value is -0.870. The third kappa shape index (κ3) is 4.60. The lowest BCUT2D eigenvalue weighted by atomic mass is 10.2. The van der Waals surface area contributed by atoms with E-state index in [0.717, 1.165) is 18.4 Å². The van der Waals surface area contributed by atoms with E-state index in [1.54, 1.807) is 12.1 Å². The van der Waals surface area contributed by atoms with E-state index in [2.05, 4.69) is 4.99 Å². The molecule has 112 valence electrons. The molecule has 1 aliphatic rings. The van der Waals surface area contributed by atoms with Crippen LogP contribution in [0.2, 0.25) is 0 Å². The summed E-state index contributed by atoms with van der Waals surface area (Å²) in [5, 5.41) is 5.03. The van der Waals surface area contributed by atoms with Gasteiger partial charge < -0.3 is 10.6 Å². The summed E-state index contributed by atoms with van der Waals surface area (Å²) >= 11 is 0. The molecule has 1 fully saturated rings. The Morgan fingerprint density at radius 1 is 1.35 bits per heavy atom. The number of primary sulfonamides is 1. The number of hydrogen-bond donors (Lipinski definition) is 2. The third-order valence-electron chi connectivity index (χ3n) is 3.13. The lowest BCUT2D eigenvalue weighted by molar-refractivity contribution is 0.487. The van der Waals surface area contributed by atoms with Crippen LogP contribution in [0.25, 0.3) is 0 Å². The van der Waals surface area contributed by atoms with Crippen LogP contribution in [0, 0.1) is 0 Å². The van der Waals surface area contributed by atoms with Gasteiger partial charge in [-0.15, -0.1) is 24.0 Å². The molecule has 1 saturated carbocycles. The SMILES string of the molecule is CN(C(N)=NCc1ccc(S(N)(=O)=O)cc1)C1CC1.I. The van der Waals surface area contributed by atoms with Crippen LogP contribution in [0.4, 0.5) is 0 Å². The van der Waals surface area contributed by atoms with Gasteiger partial charge in [0.25, 0.3) is 0 Å².